The second-order valence-corrected chi connectivity index (χ2v) is 20.3. The molecule has 0 spiro atoms. The van der Waals surface area contributed by atoms with Crippen molar-refractivity contribution in [1.82, 2.24) is 0 Å². The average Bonchev–Trinajstić information content (AvgIpc) is 3.72. The highest BCUT2D eigenvalue weighted by atomic mass is 28.3. The van der Waals surface area contributed by atoms with Gasteiger partial charge in [-0.3, -0.25) is 0 Å². The van der Waals surface area contributed by atoms with Crippen molar-refractivity contribution in [1.29, 1.82) is 0 Å². The van der Waals surface area contributed by atoms with Crippen molar-refractivity contribution in [3.8, 4) is 0 Å². The molecule has 4 saturated carbocycles. The first-order valence-electron chi connectivity index (χ1n) is 14.8. The third-order valence-electron chi connectivity index (χ3n) is 12.8. The molecular formula is C29H48O5Si. The van der Waals surface area contributed by atoms with Crippen LogP contribution in [0.25, 0.3) is 0 Å². The van der Waals surface area contributed by atoms with Gasteiger partial charge in [0.2, 0.25) is 0 Å². The van der Waals surface area contributed by atoms with Crippen molar-refractivity contribution in [2.75, 3.05) is 13.2 Å². The molecular weight excluding hydrogens is 456 g/mol. The van der Waals surface area contributed by atoms with Crippen LogP contribution in [0.4, 0.5) is 0 Å². The smallest absolute Gasteiger partial charge is 0.157 e. The molecule has 1 N–H and O–H groups in total. The van der Waals surface area contributed by atoms with Crippen molar-refractivity contribution < 1.29 is 24.1 Å². The highest BCUT2D eigenvalue weighted by molar-refractivity contribution is 6.80. The van der Waals surface area contributed by atoms with Crippen LogP contribution in [0.15, 0.2) is 0 Å². The van der Waals surface area contributed by atoms with E-state index in [0.717, 1.165) is 37.9 Å². The number of aliphatic hydroxyl groups is 1. The predicted molar refractivity (Wildman–Crippen MR) is 137 cm³/mol. The zero-order chi connectivity index (χ0) is 24.4. The van der Waals surface area contributed by atoms with Crippen molar-refractivity contribution in [2.45, 2.75) is 133 Å². The van der Waals surface area contributed by atoms with E-state index in [-0.39, 0.29) is 29.1 Å². The lowest BCUT2D eigenvalue weighted by Crippen LogP contribution is -2.69. The molecule has 0 bridgehead atoms. The van der Waals surface area contributed by atoms with Gasteiger partial charge < -0.3 is 24.1 Å². The maximum atomic E-state index is 12.6. The summed E-state index contributed by atoms with van der Waals surface area (Å²) in [5.74, 6) is 2.67. The van der Waals surface area contributed by atoms with Gasteiger partial charge in [-0.2, -0.15) is 0 Å². The van der Waals surface area contributed by atoms with Gasteiger partial charge in [0, 0.05) is 12.0 Å². The van der Waals surface area contributed by atoms with Gasteiger partial charge in [0.05, 0.1) is 26.9 Å². The van der Waals surface area contributed by atoms with Crippen LogP contribution < -0.4 is 0 Å². The van der Waals surface area contributed by atoms with E-state index in [1.807, 2.05) is 0 Å². The molecule has 1 unspecified atom stereocenters. The van der Waals surface area contributed by atoms with E-state index in [4.69, 9.17) is 18.9 Å². The number of rotatable bonds is 4. The lowest BCUT2D eigenvalue weighted by molar-refractivity contribution is -0.222. The van der Waals surface area contributed by atoms with Crippen LogP contribution in [0.3, 0.4) is 0 Å². The van der Waals surface area contributed by atoms with Crippen molar-refractivity contribution >= 4 is 8.07 Å². The summed E-state index contributed by atoms with van der Waals surface area (Å²) in [6.45, 7) is 13.8. The third-order valence-corrected chi connectivity index (χ3v) is 15.9. The second kappa shape index (κ2) is 7.56. The number of hydrogen-bond acceptors (Lipinski definition) is 5. The van der Waals surface area contributed by atoms with Crippen LogP contribution in [0.1, 0.15) is 78.1 Å². The first-order chi connectivity index (χ1) is 16.6. The first-order valence-corrected chi connectivity index (χ1v) is 18.3. The molecule has 6 heteroatoms. The highest BCUT2D eigenvalue weighted by Crippen LogP contribution is 2.76. The van der Waals surface area contributed by atoms with Crippen molar-refractivity contribution in [3.05, 3.63) is 0 Å². The predicted octanol–water partition coefficient (Wildman–Crippen LogP) is 5.31. The van der Waals surface area contributed by atoms with Gasteiger partial charge >= 0.3 is 0 Å². The molecule has 0 aromatic heterocycles. The number of ether oxygens (including phenoxy) is 4. The van der Waals surface area contributed by atoms with E-state index < -0.39 is 13.7 Å². The second-order valence-electron chi connectivity index (χ2n) is 15.0. The van der Waals surface area contributed by atoms with E-state index >= 15 is 0 Å². The average molecular weight is 505 g/mol. The fraction of sp³-hybridized carbons (Fsp3) is 1.00. The molecule has 35 heavy (non-hydrogen) atoms. The molecule has 0 aromatic rings. The normalized spacial score (nSPS) is 59.1. The molecule has 3 saturated heterocycles. The van der Waals surface area contributed by atoms with E-state index in [1.54, 1.807) is 0 Å². The summed E-state index contributed by atoms with van der Waals surface area (Å²) >= 11 is 0. The maximum Gasteiger partial charge on any atom is 0.157 e. The van der Waals surface area contributed by atoms with Crippen LogP contribution >= 0.6 is 0 Å². The molecule has 7 aliphatic rings. The Morgan fingerprint density at radius 3 is 2.46 bits per heavy atom. The van der Waals surface area contributed by atoms with Crippen molar-refractivity contribution in [3.63, 3.8) is 0 Å². The maximum absolute atomic E-state index is 12.6. The molecule has 0 aromatic carbocycles. The van der Waals surface area contributed by atoms with Crippen LogP contribution in [-0.2, 0) is 18.9 Å². The Labute approximate surface area is 213 Å². The molecule has 0 amide bonds. The summed E-state index contributed by atoms with van der Waals surface area (Å²) in [6.07, 6.45) is 12.8. The molecule has 0 radical (unpaired) electrons. The number of hydrogen-bond donors (Lipinski definition) is 1. The summed E-state index contributed by atoms with van der Waals surface area (Å²) in [6, 6.07) is 0. The van der Waals surface area contributed by atoms with E-state index in [2.05, 4.69) is 33.5 Å². The number of fused-ring (bicyclic) bond motifs is 7. The standard InChI is InChI=1S/C29H48O5Si/c1-26-13-11-19(33-22-8-6-7-15-31-22)16-18(26)9-10-20-21(26)12-14-27(2)23(20)24-25(34-24)29(27,30)28(17-32-28)35(3,4)5/h18-25,30H,6-17H2,1-5H3/t18-,19+,20-,21+,22?,23-,24+,25+,26+,27+,28+,29+/m1/s1. The third kappa shape index (κ3) is 3.04. The van der Waals surface area contributed by atoms with Crippen molar-refractivity contribution in [2.24, 2.45) is 34.5 Å². The minimum Gasteiger partial charge on any atom is -0.384 e. The zero-order valence-electron chi connectivity index (χ0n) is 22.7. The monoisotopic (exact) mass is 504 g/mol. The molecule has 7 fully saturated rings. The molecule has 12 atom stereocenters. The molecule has 4 aliphatic carbocycles. The minimum absolute atomic E-state index is 0.00404. The van der Waals surface area contributed by atoms with Crippen LogP contribution in [0, 0.1) is 34.5 Å². The van der Waals surface area contributed by atoms with Gasteiger partial charge in [0.25, 0.3) is 0 Å². The van der Waals surface area contributed by atoms with Gasteiger partial charge in [-0.05, 0) is 93.3 Å². The quantitative estimate of drug-likeness (QED) is 0.320. The van der Waals surface area contributed by atoms with Crippen LogP contribution in [-0.4, -0.2) is 61.8 Å². The first kappa shape index (κ1) is 24.1. The zero-order valence-corrected chi connectivity index (χ0v) is 23.7. The van der Waals surface area contributed by atoms with E-state index in [9.17, 15) is 5.11 Å². The SMILES string of the molecule is C[C@]12CC[C@H](OC3CCCCO3)C[C@H]1CC[C@H]1[C@@H]3[C@@H]4O[C@@H]4[C@@](O)([C@@]4([Si](C)(C)C)CO4)[C@@]3(C)CC[C@@H]12. The Morgan fingerprint density at radius 1 is 0.971 bits per heavy atom. The Hall–Kier alpha value is 0.0169. The van der Waals surface area contributed by atoms with Gasteiger partial charge in [0.1, 0.15) is 16.9 Å². The van der Waals surface area contributed by atoms with Crippen LogP contribution in [0.5, 0.6) is 0 Å². The Morgan fingerprint density at radius 2 is 1.77 bits per heavy atom. The molecule has 198 valence electrons. The Balaban J connectivity index is 1.12. The van der Waals surface area contributed by atoms with Gasteiger partial charge in [-0.25, -0.2) is 0 Å². The summed E-state index contributed by atoms with van der Waals surface area (Å²) in [7, 11) is -1.74. The fourth-order valence-electron chi connectivity index (χ4n) is 10.7. The molecule has 5 nitrogen and oxygen atoms in total. The Bertz CT molecular complexity index is 864. The summed E-state index contributed by atoms with van der Waals surface area (Å²) < 4.78 is 25.1. The number of epoxide rings is 2. The van der Waals surface area contributed by atoms with Crippen LogP contribution in [0.2, 0.25) is 19.6 Å². The molecule has 3 aliphatic heterocycles. The summed E-state index contributed by atoms with van der Waals surface area (Å²) in [4.78, 5) is 0. The largest absolute Gasteiger partial charge is 0.384 e. The lowest BCUT2D eigenvalue weighted by Gasteiger charge is -2.63. The highest BCUT2D eigenvalue weighted by Gasteiger charge is 2.87. The topological polar surface area (TPSA) is 63.8 Å². The summed E-state index contributed by atoms with van der Waals surface area (Å²) in [5.41, 5.74) is -0.496. The molecule has 7 rings (SSSR count). The fourth-order valence-corrected chi connectivity index (χ4v) is 13.2. The van der Waals surface area contributed by atoms with E-state index in [1.165, 1.54) is 51.4 Å². The van der Waals surface area contributed by atoms with Gasteiger partial charge in [0.15, 0.2) is 6.29 Å². The van der Waals surface area contributed by atoms with Gasteiger partial charge in [-0.1, -0.05) is 33.5 Å². The van der Waals surface area contributed by atoms with Gasteiger partial charge in [-0.15, -0.1) is 0 Å². The summed E-state index contributed by atoms with van der Waals surface area (Å²) in [5, 5.41) is 12.3. The van der Waals surface area contributed by atoms with E-state index in [0.29, 0.717) is 23.4 Å². The molecule has 3 heterocycles. The lowest BCUT2D eigenvalue weighted by atomic mass is 9.44. The Kier molecular flexibility index (Phi) is 5.21. The minimum atomic E-state index is -1.74.